The maximum absolute atomic E-state index is 11.7. The second-order valence-corrected chi connectivity index (χ2v) is 6.84. The largest absolute Gasteiger partial charge is 0.618 e. The Morgan fingerprint density at radius 2 is 2.00 bits per heavy atom. The molecule has 5 nitrogen and oxygen atoms in total. The molecule has 116 valence electrons. The van der Waals surface area contributed by atoms with E-state index in [0.717, 1.165) is 37.8 Å². The molecule has 0 aliphatic heterocycles. The molecule has 3 aromatic heterocycles. The average Bonchev–Trinajstić information content (AvgIpc) is 3.08. The summed E-state index contributed by atoms with van der Waals surface area (Å²) in [6.45, 7) is 6.23. The normalized spacial score (nSPS) is 11.8. The number of aryl methyl sites for hydroxylation is 1. The molecule has 3 heterocycles. The molecule has 0 atom stereocenters. The van der Waals surface area contributed by atoms with Crippen LogP contribution in [0.2, 0.25) is 0 Å². The number of imidazole rings is 1. The van der Waals surface area contributed by atoms with Gasteiger partial charge in [0.25, 0.3) is 0 Å². The summed E-state index contributed by atoms with van der Waals surface area (Å²) in [5.41, 5.74) is 5.97. The fraction of sp³-hybridized carbons (Fsp3) is 0.235. The molecule has 0 unspecified atom stereocenters. The molecule has 23 heavy (non-hydrogen) atoms. The monoisotopic (exact) mass is 324 g/mol. The smallest absolute Gasteiger partial charge is 0.237 e. The van der Waals surface area contributed by atoms with E-state index in [-0.39, 0.29) is 5.92 Å². The van der Waals surface area contributed by atoms with Crippen molar-refractivity contribution in [3.63, 3.8) is 0 Å². The number of nitrogens with zero attached hydrogens (tertiary/aromatic N) is 4. The summed E-state index contributed by atoms with van der Waals surface area (Å²) < 4.78 is 3.96. The number of benzene rings is 1. The predicted octanol–water partition coefficient (Wildman–Crippen LogP) is 3.70. The van der Waals surface area contributed by atoms with Crippen molar-refractivity contribution in [2.45, 2.75) is 26.7 Å². The van der Waals surface area contributed by atoms with E-state index in [9.17, 15) is 5.21 Å². The van der Waals surface area contributed by atoms with E-state index in [1.165, 1.54) is 11.3 Å². The Hall–Kier alpha value is -2.47. The molecule has 4 rings (SSSR count). The number of fused-ring (bicyclic) bond motifs is 2. The van der Waals surface area contributed by atoms with E-state index in [1.54, 1.807) is 5.51 Å². The van der Waals surface area contributed by atoms with Gasteiger partial charge in [0.15, 0.2) is 5.65 Å². The van der Waals surface area contributed by atoms with E-state index in [2.05, 4.69) is 23.4 Å². The van der Waals surface area contributed by atoms with Gasteiger partial charge in [-0.25, -0.2) is 9.97 Å². The highest BCUT2D eigenvalue weighted by atomic mass is 32.1. The third-order valence-electron chi connectivity index (χ3n) is 3.90. The second kappa shape index (κ2) is 5.03. The van der Waals surface area contributed by atoms with Crippen LogP contribution in [-0.2, 0) is 0 Å². The van der Waals surface area contributed by atoms with E-state index in [0.29, 0.717) is 5.52 Å². The van der Waals surface area contributed by atoms with Crippen LogP contribution in [0.15, 0.2) is 35.8 Å². The van der Waals surface area contributed by atoms with Crippen LogP contribution in [0.3, 0.4) is 0 Å². The van der Waals surface area contributed by atoms with E-state index in [1.807, 2.05) is 37.3 Å². The van der Waals surface area contributed by atoms with Crippen LogP contribution in [0.5, 0.6) is 0 Å². The van der Waals surface area contributed by atoms with Crippen molar-refractivity contribution in [2.24, 2.45) is 0 Å². The molecule has 0 aliphatic rings. The van der Waals surface area contributed by atoms with Crippen molar-refractivity contribution in [1.82, 2.24) is 14.5 Å². The van der Waals surface area contributed by atoms with Crippen LogP contribution in [0.4, 0.5) is 0 Å². The SMILES string of the molecule is Cc1ccc2nc(C(C)C)n(-c3ccc4c(c3)sc[n+]4[O-])c2n1. The fourth-order valence-corrected chi connectivity index (χ4v) is 3.58. The zero-order valence-corrected chi connectivity index (χ0v) is 14.0. The van der Waals surface area contributed by atoms with Crippen LogP contribution in [0.25, 0.3) is 27.1 Å². The average molecular weight is 324 g/mol. The molecule has 0 spiro atoms. The molecular weight excluding hydrogens is 308 g/mol. The lowest BCUT2D eigenvalue weighted by Gasteiger charge is -2.11. The first-order valence-electron chi connectivity index (χ1n) is 7.51. The first-order valence-corrected chi connectivity index (χ1v) is 8.39. The van der Waals surface area contributed by atoms with Crippen molar-refractivity contribution >= 4 is 32.7 Å². The van der Waals surface area contributed by atoms with Crippen molar-refractivity contribution in [1.29, 1.82) is 0 Å². The van der Waals surface area contributed by atoms with Gasteiger partial charge in [-0.15, -0.1) is 0 Å². The van der Waals surface area contributed by atoms with Gasteiger partial charge in [0.05, 0.1) is 5.69 Å². The maximum Gasteiger partial charge on any atom is 0.237 e. The number of thiazole rings is 1. The quantitative estimate of drug-likeness (QED) is 0.417. The van der Waals surface area contributed by atoms with Gasteiger partial charge in [0.1, 0.15) is 16.0 Å². The van der Waals surface area contributed by atoms with Crippen LogP contribution in [0, 0.1) is 12.1 Å². The Morgan fingerprint density at radius 1 is 1.17 bits per heavy atom. The highest BCUT2D eigenvalue weighted by Crippen LogP contribution is 2.27. The predicted molar refractivity (Wildman–Crippen MR) is 92.0 cm³/mol. The molecule has 4 aromatic rings. The molecule has 0 amide bonds. The van der Waals surface area contributed by atoms with Gasteiger partial charge in [-0.3, -0.25) is 4.57 Å². The number of rotatable bonds is 2. The van der Waals surface area contributed by atoms with Gasteiger partial charge < -0.3 is 5.21 Å². The first-order chi connectivity index (χ1) is 11.0. The van der Waals surface area contributed by atoms with Crippen LogP contribution < -0.4 is 4.73 Å². The van der Waals surface area contributed by atoms with Gasteiger partial charge in [-0.2, -0.15) is 4.73 Å². The van der Waals surface area contributed by atoms with Gasteiger partial charge in [0, 0.05) is 17.7 Å². The minimum Gasteiger partial charge on any atom is -0.618 e. The Morgan fingerprint density at radius 3 is 2.78 bits per heavy atom. The standard InChI is InChI=1S/C17H16N4OS/c1-10(2)16-19-13-6-4-11(3)18-17(13)21(16)12-5-7-14-15(8-12)23-9-20(14)22/h4-10H,1-3H3. The minimum absolute atomic E-state index is 0.271. The Kier molecular flexibility index (Phi) is 3.09. The van der Waals surface area contributed by atoms with Gasteiger partial charge in [0.2, 0.25) is 11.0 Å². The molecule has 0 saturated heterocycles. The summed E-state index contributed by atoms with van der Waals surface area (Å²) in [4.78, 5) is 9.43. The fourth-order valence-electron chi connectivity index (χ4n) is 2.79. The highest BCUT2D eigenvalue weighted by molar-refractivity contribution is 7.16. The molecule has 0 N–H and O–H groups in total. The van der Waals surface area contributed by atoms with Crippen molar-refractivity contribution < 1.29 is 4.73 Å². The lowest BCUT2D eigenvalue weighted by molar-refractivity contribution is -0.572. The van der Waals surface area contributed by atoms with Gasteiger partial charge >= 0.3 is 0 Å². The third kappa shape index (κ3) is 2.17. The minimum atomic E-state index is 0.271. The summed E-state index contributed by atoms with van der Waals surface area (Å²) in [5, 5.41) is 11.7. The van der Waals surface area contributed by atoms with Gasteiger partial charge in [-0.1, -0.05) is 25.2 Å². The van der Waals surface area contributed by atoms with Crippen LogP contribution >= 0.6 is 11.3 Å². The molecule has 0 saturated carbocycles. The molecule has 1 aromatic carbocycles. The molecule has 0 radical (unpaired) electrons. The summed E-state index contributed by atoms with van der Waals surface area (Å²) >= 11 is 1.44. The van der Waals surface area contributed by atoms with Crippen molar-refractivity contribution in [2.75, 3.05) is 0 Å². The highest BCUT2D eigenvalue weighted by Gasteiger charge is 2.18. The number of pyridine rings is 1. The van der Waals surface area contributed by atoms with Crippen LogP contribution in [-0.4, -0.2) is 14.5 Å². The molecular formula is C17H16N4OS. The Balaban J connectivity index is 2.04. The topological polar surface area (TPSA) is 57.6 Å². The van der Waals surface area contributed by atoms with Crippen LogP contribution in [0.1, 0.15) is 31.3 Å². The van der Waals surface area contributed by atoms with E-state index < -0.39 is 0 Å². The summed E-state index contributed by atoms with van der Waals surface area (Å²) in [7, 11) is 0. The molecule has 0 aliphatic carbocycles. The number of hydrogen-bond acceptors (Lipinski definition) is 4. The number of hydrogen-bond donors (Lipinski definition) is 0. The zero-order valence-electron chi connectivity index (χ0n) is 13.1. The molecule has 6 heteroatoms. The Bertz CT molecular complexity index is 1030. The maximum atomic E-state index is 11.7. The lowest BCUT2D eigenvalue weighted by atomic mass is 10.2. The van der Waals surface area contributed by atoms with E-state index >= 15 is 0 Å². The summed E-state index contributed by atoms with van der Waals surface area (Å²) in [5.74, 6) is 1.25. The first kappa shape index (κ1) is 14.1. The lowest BCUT2D eigenvalue weighted by Crippen LogP contribution is -2.21. The Labute approximate surface area is 137 Å². The number of aromatic nitrogens is 4. The molecule has 0 bridgehead atoms. The molecule has 0 fully saturated rings. The van der Waals surface area contributed by atoms with Crippen molar-refractivity contribution in [3.8, 4) is 5.69 Å². The van der Waals surface area contributed by atoms with Gasteiger partial charge in [-0.05, 0) is 31.2 Å². The van der Waals surface area contributed by atoms with E-state index in [4.69, 9.17) is 4.98 Å². The summed E-state index contributed by atoms with van der Waals surface area (Å²) in [6.07, 6.45) is 0. The third-order valence-corrected chi connectivity index (χ3v) is 4.78. The summed E-state index contributed by atoms with van der Waals surface area (Å²) in [6, 6.07) is 9.84. The second-order valence-electron chi connectivity index (χ2n) is 5.96. The van der Waals surface area contributed by atoms with Crippen molar-refractivity contribution in [3.05, 3.63) is 52.6 Å². The zero-order chi connectivity index (χ0) is 16.1.